The molecule has 7 heteroatoms. The molecule has 3 aromatic rings. The number of phenolic OH excluding ortho intramolecular Hbond substituents is 1. The van der Waals surface area contributed by atoms with E-state index in [1.54, 1.807) is 18.2 Å². The molecule has 3 aromatic carbocycles. The standard InChI is InChI=1S/C10H9BO2.C7H6BrNO2/c12-11(13)10-6-5-8-3-1-2-4-9(8)7-10;8-6-2-5(9)1-4(3-10)7(6)11/h1-7,12-13H;1-3,11H,9H2/p+1. The third-order valence-corrected chi connectivity index (χ3v) is 3.96. The van der Waals surface area contributed by atoms with Gasteiger partial charge in [0.25, 0.3) is 0 Å². The summed E-state index contributed by atoms with van der Waals surface area (Å²) in [6, 6.07) is 16.4. The summed E-state index contributed by atoms with van der Waals surface area (Å²) in [5.74, 6) is -0.0348. The first-order chi connectivity index (χ1) is 11.4. The zero-order valence-electron chi connectivity index (χ0n) is 12.7. The Kier molecular flexibility index (Phi) is 6.11. The lowest BCUT2D eigenvalue weighted by Crippen LogP contribution is -2.40. The number of rotatable bonds is 2. The van der Waals surface area contributed by atoms with Gasteiger partial charge >= 0.3 is 7.12 Å². The lowest BCUT2D eigenvalue weighted by Gasteiger charge is -2.01. The summed E-state index contributed by atoms with van der Waals surface area (Å²) in [6.07, 6.45) is 0.592. The quantitative estimate of drug-likeness (QED) is 0.393. The number of carbonyl (C=O) groups excluding carboxylic acids is 1. The monoisotopic (exact) mass is 388 g/mol. The number of benzene rings is 3. The Bertz CT molecular complexity index is 870. The second kappa shape index (κ2) is 8.07. The van der Waals surface area contributed by atoms with Crippen molar-refractivity contribution in [3.63, 3.8) is 0 Å². The SMILES string of the molecule is OB(O)c1ccc2ccccc2c1.[NH3+]c1cc(Br)c(O)c(C=O)c1. The fourth-order valence-electron chi connectivity index (χ4n) is 2.14. The number of hydrogen-bond acceptors (Lipinski definition) is 4. The van der Waals surface area contributed by atoms with Crippen molar-refractivity contribution in [1.29, 1.82) is 0 Å². The molecular formula is C17H16BBrNO4+. The molecule has 0 amide bonds. The lowest BCUT2D eigenvalue weighted by atomic mass is 9.79. The van der Waals surface area contributed by atoms with E-state index in [4.69, 9.17) is 10.0 Å². The summed E-state index contributed by atoms with van der Waals surface area (Å²) in [5, 5.41) is 29.2. The normalized spacial score (nSPS) is 10.0. The van der Waals surface area contributed by atoms with Gasteiger partial charge in [-0.15, -0.1) is 0 Å². The van der Waals surface area contributed by atoms with Crippen LogP contribution in [0.2, 0.25) is 0 Å². The van der Waals surface area contributed by atoms with Crippen molar-refractivity contribution in [3.05, 3.63) is 64.6 Å². The first kappa shape index (κ1) is 18.2. The third kappa shape index (κ3) is 4.42. The highest BCUT2D eigenvalue weighted by atomic mass is 79.9. The summed E-state index contributed by atoms with van der Waals surface area (Å²) in [5.41, 5.74) is 5.10. The van der Waals surface area contributed by atoms with E-state index in [-0.39, 0.29) is 11.3 Å². The Morgan fingerprint density at radius 3 is 2.29 bits per heavy atom. The highest BCUT2D eigenvalue weighted by Crippen LogP contribution is 2.28. The summed E-state index contributed by atoms with van der Waals surface area (Å²) in [4.78, 5) is 10.3. The number of hydrogen-bond donors (Lipinski definition) is 4. The molecule has 0 bridgehead atoms. The summed E-state index contributed by atoms with van der Waals surface area (Å²) >= 11 is 3.09. The van der Waals surface area contributed by atoms with Crippen molar-refractivity contribution in [3.8, 4) is 5.75 Å². The van der Waals surface area contributed by atoms with Gasteiger partial charge in [0.2, 0.25) is 0 Å². The third-order valence-electron chi connectivity index (χ3n) is 3.35. The minimum atomic E-state index is -1.38. The molecule has 122 valence electrons. The predicted molar refractivity (Wildman–Crippen MR) is 97.5 cm³/mol. The first-order valence-electron chi connectivity index (χ1n) is 7.07. The minimum absolute atomic E-state index is 0.0348. The molecule has 0 saturated carbocycles. The van der Waals surface area contributed by atoms with Crippen molar-refractivity contribution in [2.75, 3.05) is 0 Å². The molecule has 0 heterocycles. The molecule has 0 fully saturated rings. The Hall–Kier alpha value is -2.19. The lowest BCUT2D eigenvalue weighted by molar-refractivity contribution is -0.254. The van der Waals surface area contributed by atoms with Crippen molar-refractivity contribution < 1.29 is 25.7 Å². The van der Waals surface area contributed by atoms with Gasteiger partial charge in [0.15, 0.2) is 6.29 Å². The van der Waals surface area contributed by atoms with E-state index in [1.165, 1.54) is 6.07 Å². The van der Waals surface area contributed by atoms with Crippen LogP contribution >= 0.6 is 15.9 Å². The summed E-state index contributed by atoms with van der Waals surface area (Å²) in [6.45, 7) is 0. The van der Waals surface area contributed by atoms with Crippen LogP contribution in [0.15, 0.2) is 59.1 Å². The molecule has 0 atom stereocenters. The Morgan fingerprint density at radius 1 is 1.00 bits per heavy atom. The number of aldehydes is 1. The van der Waals surface area contributed by atoms with Crippen LogP contribution in [0.5, 0.6) is 5.75 Å². The molecular weight excluding hydrogens is 373 g/mol. The molecule has 0 radical (unpaired) electrons. The molecule has 6 N–H and O–H groups in total. The van der Waals surface area contributed by atoms with Gasteiger partial charge in [0, 0.05) is 12.1 Å². The van der Waals surface area contributed by atoms with Crippen LogP contribution in [0.4, 0.5) is 5.69 Å². The van der Waals surface area contributed by atoms with Gasteiger partial charge in [-0.25, -0.2) is 0 Å². The van der Waals surface area contributed by atoms with E-state index in [0.29, 0.717) is 21.9 Å². The molecule has 0 aliphatic carbocycles. The van der Waals surface area contributed by atoms with Crippen molar-refractivity contribution >= 4 is 51.3 Å². The molecule has 5 nitrogen and oxygen atoms in total. The van der Waals surface area contributed by atoms with Gasteiger partial charge in [-0.2, -0.15) is 0 Å². The number of phenols is 1. The van der Waals surface area contributed by atoms with Gasteiger partial charge < -0.3 is 20.9 Å². The molecule has 0 unspecified atom stereocenters. The molecule has 3 rings (SSSR count). The van der Waals surface area contributed by atoms with Gasteiger partial charge in [-0.05, 0) is 32.2 Å². The number of carbonyl (C=O) groups is 1. The molecule has 0 aromatic heterocycles. The second-order valence-corrected chi connectivity index (χ2v) is 5.97. The fourth-order valence-corrected chi connectivity index (χ4v) is 2.66. The zero-order chi connectivity index (χ0) is 17.7. The van der Waals surface area contributed by atoms with Gasteiger partial charge in [0.1, 0.15) is 11.4 Å². The number of aromatic hydroxyl groups is 1. The Labute approximate surface area is 147 Å². The van der Waals surface area contributed by atoms with E-state index in [2.05, 4.69) is 21.7 Å². The van der Waals surface area contributed by atoms with Crippen molar-refractivity contribution in [2.24, 2.45) is 0 Å². The van der Waals surface area contributed by atoms with Crippen LogP contribution in [0.3, 0.4) is 0 Å². The van der Waals surface area contributed by atoms with E-state index in [9.17, 15) is 9.90 Å². The van der Waals surface area contributed by atoms with Crippen LogP contribution < -0.4 is 11.2 Å². The van der Waals surface area contributed by atoms with E-state index < -0.39 is 7.12 Å². The molecule has 24 heavy (non-hydrogen) atoms. The van der Waals surface area contributed by atoms with E-state index in [0.717, 1.165) is 10.8 Å². The molecule has 0 saturated heterocycles. The second-order valence-electron chi connectivity index (χ2n) is 5.11. The predicted octanol–water partition coefficient (Wildman–Crippen LogP) is 1.36. The number of fused-ring (bicyclic) bond motifs is 1. The van der Waals surface area contributed by atoms with Gasteiger partial charge in [0.05, 0.1) is 10.0 Å². The highest BCUT2D eigenvalue weighted by molar-refractivity contribution is 9.10. The highest BCUT2D eigenvalue weighted by Gasteiger charge is 2.10. The van der Waals surface area contributed by atoms with E-state index >= 15 is 0 Å². The van der Waals surface area contributed by atoms with E-state index in [1.807, 2.05) is 30.3 Å². The van der Waals surface area contributed by atoms with Gasteiger partial charge in [-0.3, -0.25) is 4.79 Å². The topological polar surface area (TPSA) is 105 Å². The largest absolute Gasteiger partial charge is 0.506 e. The fraction of sp³-hybridized carbons (Fsp3) is 0. The first-order valence-corrected chi connectivity index (χ1v) is 7.86. The average molecular weight is 389 g/mol. The molecule has 0 aliphatic heterocycles. The van der Waals surface area contributed by atoms with Crippen LogP contribution in [0, 0.1) is 0 Å². The zero-order valence-corrected chi connectivity index (χ0v) is 14.3. The summed E-state index contributed by atoms with van der Waals surface area (Å²) < 4.78 is 0.493. The Balaban J connectivity index is 0.000000177. The summed E-state index contributed by atoms with van der Waals surface area (Å²) in [7, 11) is -1.38. The average Bonchev–Trinajstić information content (AvgIpc) is 2.58. The van der Waals surface area contributed by atoms with Gasteiger partial charge in [-0.1, -0.05) is 42.5 Å². The van der Waals surface area contributed by atoms with Crippen LogP contribution in [0.1, 0.15) is 10.4 Å². The van der Waals surface area contributed by atoms with Crippen molar-refractivity contribution in [2.45, 2.75) is 0 Å². The van der Waals surface area contributed by atoms with Crippen LogP contribution in [-0.4, -0.2) is 28.6 Å². The smallest absolute Gasteiger partial charge is 0.488 e. The molecule has 0 aliphatic rings. The van der Waals surface area contributed by atoms with Crippen LogP contribution in [-0.2, 0) is 0 Å². The Morgan fingerprint density at radius 2 is 1.67 bits per heavy atom. The van der Waals surface area contributed by atoms with Crippen molar-refractivity contribution in [1.82, 2.24) is 0 Å². The minimum Gasteiger partial charge on any atom is -0.506 e. The maximum Gasteiger partial charge on any atom is 0.488 e. The maximum absolute atomic E-state index is 10.3. The molecule has 0 spiro atoms. The number of halogens is 1. The number of quaternary nitrogens is 1. The maximum atomic E-state index is 10.3. The van der Waals surface area contributed by atoms with Crippen LogP contribution in [0.25, 0.3) is 10.8 Å².